The molecule has 132 valence electrons. The van der Waals surface area contributed by atoms with Gasteiger partial charge in [0, 0.05) is 36.8 Å². The average molecular weight is 331 g/mol. The minimum absolute atomic E-state index is 0.125. The highest BCUT2D eigenvalue weighted by Crippen LogP contribution is 2.31. The van der Waals surface area contributed by atoms with Gasteiger partial charge in [-0.25, -0.2) is 9.97 Å². The molecule has 1 aromatic rings. The molecular formula is C18H29N5O. The van der Waals surface area contributed by atoms with Crippen molar-refractivity contribution >= 4 is 11.7 Å². The molecule has 3 rings (SSSR count). The van der Waals surface area contributed by atoms with Crippen molar-refractivity contribution in [1.29, 1.82) is 0 Å². The number of aryl methyl sites for hydroxylation is 2. The van der Waals surface area contributed by atoms with E-state index in [2.05, 4.69) is 20.2 Å². The zero-order chi connectivity index (χ0) is 17.1. The van der Waals surface area contributed by atoms with Crippen molar-refractivity contribution in [2.24, 2.45) is 17.6 Å². The van der Waals surface area contributed by atoms with Gasteiger partial charge in [-0.3, -0.25) is 4.79 Å². The molecule has 1 aliphatic carbocycles. The number of amides is 1. The summed E-state index contributed by atoms with van der Waals surface area (Å²) in [6, 6.07) is 2.31. The first kappa shape index (κ1) is 17.1. The van der Waals surface area contributed by atoms with Crippen LogP contribution in [-0.2, 0) is 4.79 Å². The predicted molar refractivity (Wildman–Crippen MR) is 94.8 cm³/mol. The second-order valence-electron chi connectivity index (χ2n) is 7.22. The van der Waals surface area contributed by atoms with Crippen molar-refractivity contribution < 1.29 is 4.79 Å². The molecule has 6 heteroatoms. The molecule has 0 radical (unpaired) electrons. The zero-order valence-corrected chi connectivity index (χ0v) is 14.8. The van der Waals surface area contributed by atoms with E-state index in [0.29, 0.717) is 12.5 Å². The van der Waals surface area contributed by atoms with Gasteiger partial charge in [-0.2, -0.15) is 0 Å². The molecule has 0 bridgehead atoms. The molecule has 2 heterocycles. The Morgan fingerprint density at radius 1 is 1.25 bits per heavy atom. The molecule has 1 aromatic heterocycles. The topological polar surface area (TPSA) is 84.1 Å². The standard InChI is InChI=1S/C18H29N5O/c1-12-10-17(21-13(2)20-12)23-8-6-15(7-9-23)22-18(24)16-5-3-4-14(16)11-19/h10,14-16H,3-9,11,19H2,1-2H3,(H,22,24)/t14-,16-/m1/s1. The minimum Gasteiger partial charge on any atom is -0.356 e. The molecule has 2 atom stereocenters. The smallest absolute Gasteiger partial charge is 0.223 e. The largest absolute Gasteiger partial charge is 0.356 e. The third-order valence-electron chi connectivity index (χ3n) is 5.42. The summed E-state index contributed by atoms with van der Waals surface area (Å²) in [5.74, 6) is 2.53. The summed E-state index contributed by atoms with van der Waals surface area (Å²) < 4.78 is 0. The fourth-order valence-electron chi connectivity index (χ4n) is 4.08. The third-order valence-corrected chi connectivity index (χ3v) is 5.42. The highest BCUT2D eigenvalue weighted by Gasteiger charge is 2.33. The Morgan fingerprint density at radius 3 is 2.67 bits per heavy atom. The van der Waals surface area contributed by atoms with Crippen molar-refractivity contribution in [2.75, 3.05) is 24.5 Å². The first-order chi connectivity index (χ1) is 11.6. The lowest BCUT2D eigenvalue weighted by Gasteiger charge is -2.34. The Labute approximate surface area is 144 Å². The van der Waals surface area contributed by atoms with Crippen LogP contribution in [0, 0.1) is 25.7 Å². The van der Waals surface area contributed by atoms with E-state index < -0.39 is 0 Å². The van der Waals surface area contributed by atoms with Crippen molar-refractivity contribution in [3.05, 3.63) is 17.6 Å². The van der Waals surface area contributed by atoms with Gasteiger partial charge in [0.05, 0.1) is 0 Å². The van der Waals surface area contributed by atoms with Crippen LogP contribution in [0.15, 0.2) is 6.07 Å². The molecule has 2 fully saturated rings. The second kappa shape index (κ2) is 7.47. The number of hydrogen-bond donors (Lipinski definition) is 2. The van der Waals surface area contributed by atoms with Gasteiger partial charge in [-0.15, -0.1) is 0 Å². The minimum atomic E-state index is 0.125. The van der Waals surface area contributed by atoms with Crippen LogP contribution in [0.25, 0.3) is 0 Å². The summed E-state index contributed by atoms with van der Waals surface area (Å²) >= 11 is 0. The van der Waals surface area contributed by atoms with E-state index in [0.717, 1.165) is 62.5 Å². The molecule has 3 N–H and O–H groups in total. The van der Waals surface area contributed by atoms with Gasteiger partial charge in [-0.1, -0.05) is 6.42 Å². The first-order valence-electron chi connectivity index (χ1n) is 9.14. The van der Waals surface area contributed by atoms with Gasteiger partial charge in [0.2, 0.25) is 5.91 Å². The average Bonchev–Trinajstić information content (AvgIpc) is 3.03. The summed E-state index contributed by atoms with van der Waals surface area (Å²) in [4.78, 5) is 23.7. The Bertz CT molecular complexity index is 563. The van der Waals surface area contributed by atoms with Gasteiger partial charge in [-0.05, 0) is 52.0 Å². The number of hydrogen-bond acceptors (Lipinski definition) is 5. The van der Waals surface area contributed by atoms with Gasteiger partial charge >= 0.3 is 0 Å². The molecule has 1 aliphatic heterocycles. The summed E-state index contributed by atoms with van der Waals surface area (Å²) in [5, 5.41) is 3.27. The number of piperidine rings is 1. The van der Waals surface area contributed by atoms with E-state index in [-0.39, 0.29) is 17.9 Å². The van der Waals surface area contributed by atoms with Crippen LogP contribution < -0.4 is 16.0 Å². The van der Waals surface area contributed by atoms with Crippen molar-refractivity contribution in [1.82, 2.24) is 15.3 Å². The van der Waals surface area contributed by atoms with Crippen LogP contribution in [0.5, 0.6) is 0 Å². The number of nitrogens with zero attached hydrogens (tertiary/aromatic N) is 3. The normalized spacial score (nSPS) is 25.0. The molecule has 1 saturated carbocycles. The van der Waals surface area contributed by atoms with E-state index in [1.54, 1.807) is 0 Å². The van der Waals surface area contributed by atoms with Crippen molar-refractivity contribution in [3.8, 4) is 0 Å². The fourth-order valence-corrected chi connectivity index (χ4v) is 4.08. The molecular weight excluding hydrogens is 302 g/mol. The maximum absolute atomic E-state index is 12.5. The fraction of sp³-hybridized carbons (Fsp3) is 0.722. The van der Waals surface area contributed by atoms with Crippen molar-refractivity contribution in [2.45, 2.75) is 52.0 Å². The van der Waals surface area contributed by atoms with E-state index in [1.807, 2.05) is 19.9 Å². The predicted octanol–water partition coefficient (Wildman–Crippen LogP) is 1.55. The first-order valence-corrected chi connectivity index (χ1v) is 9.14. The lowest BCUT2D eigenvalue weighted by Crippen LogP contribution is -2.47. The summed E-state index contributed by atoms with van der Waals surface area (Å²) in [5.41, 5.74) is 6.81. The quantitative estimate of drug-likeness (QED) is 0.874. The SMILES string of the molecule is Cc1cc(N2CCC(NC(=O)[C@@H]3CCC[C@@H]3CN)CC2)nc(C)n1. The summed E-state index contributed by atoms with van der Waals surface area (Å²) in [6.45, 7) is 6.40. The lowest BCUT2D eigenvalue weighted by atomic mass is 9.94. The van der Waals surface area contributed by atoms with E-state index in [1.165, 1.54) is 0 Å². The van der Waals surface area contributed by atoms with Gasteiger partial charge in [0.1, 0.15) is 11.6 Å². The van der Waals surface area contributed by atoms with Gasteiger partial charge in [0.25, 0.3) is 0 Å². The third kappa shape index (κ3) is 3.86. The Kier molecular flexibility index (Phi) is 5.33. The van der Waals surface area contributed by atoms with Crippen LogP contribution in [0.2, 0.25) is 0 Å². The zero-order valence-electron chi connectivity index (χ0n) is 14.8. The number of rotatable bonds is 4. The van der Waals surface area contributed by atoms with Gasteiger partial charge < -0.3 is 16.0 Å². The molecule has 0 unspecified atom stereocenters. The number of nitrogens with two attached hydrogens (primary N) is 1. The lowest BCUT2D eigenvalue weighted by molar-refractivity contribution is -0.126. The van der Waals surface area contributed by atoms with E-state index >= 15 is 0 Å². The maximum Gasteiger partial charge on any atom is 0.223 e. The molecule has 6 nitrogen and oxygen atoms in total. The Hall–Kier alpha value is -1.69. The molecule has 0 aromatic carbocycles. The van der Waals surface area contributed by atoms with Crippen LogP contribution in [-0.4, -0.2) is 41.6 Å². The van der Waals surface area contributed by atoms with Crippen LogP contribution >= 0.6 is 0 Å². The van der Waals surface area contributed by atoms with E-state index in [4.69, 9.17) is 5.73 Å². The van der Waals surface area contributed by atoms with Crippen molar-refractivity contribution in [3.63, 3.8) is 0 Å². The van der Waals surface area contributed by atoms with Crippen LogP contribution in [0.1, 0.15) is 43.6 Å². The number of nitrogens with one attached hydrogen (secondary N) is 1. The number of carbonyl (C=O) groups is 1. The number of anilines is 1. The monoisotopic (exact) mass is 331 g/mol. The summed E-state index contributed by atoms with van der Waals surface area (Å²) in [7, 11) is 0. The number of aromatic nitrogens is 2. The van der Waals surface area contributed by atoms with Crippen LogP contribution in [0.4, 0.5) is 5.82 Å². The maximum atomic E-state index is 12.5. The molecule has 0 spiro atoms. The summed E-state index contributed by atoms with van der Waals surface area (Å²) in [6.07, 6.45) is 5.15. The number of carbonyl (C=O) groups excluding carboxylic acids is 1. The highest BCUT2D eigenvalue weighted by molar-refractivity contribution is 5.79. The van der Waals surface area contributed by atoms with Gasteiger partial charge in [0.15, 0.2) is 0 Å². The van der Waals surface area contributed by atoms with Crippen LogP contribution in [0.3, 0.4) is 0 Å². The second-order valence-corrected chi connectivity index (χ2v) is 7.22. The highest BCUT2D eigenvalue weighted by atomic mass is 16.2. The molecule has 24 heavy (non-hydrogen) atoms. The molecule has 1 saturated heterocycles. The molecule has 1 amide bonds. The molecule has 2 aliphatic rings. The Morgan fingerprint density at radius 2 is 2.00 bits per heavy atom. The van der Waals surface area contributed by atoms with E-state index in [9.17, 15) is 4.79 Å². The Balaban J connectivity index is 1.52.